The fourth-order valence-corrected chi connectivity index (χ4v) is 1.85. The first kappa shape index (κ1) is 14.1. The standard InChI is InChI=1S/C14H12ClNO4/c1-9-2-7-12(20-9)14(19)16(8-13(17)18)11-5-3-10(15)4-6-11/h2-7H,8H2,1H3,(H,17,18). The molecule has 1 heterocycles. The molecule has 2 aromatic rings. The summed E-state index contributed by atoms with van der Waals surface area (Å²) in [5.41, 5.74) is 0.441. The van der Waals surface area contributed by atoms with Crippen LogP contribution in [-0.2, 0) is 4.79 Å². The molecule has 1 amide bonds. The van der Waals surface area contributed by atoms with Gasteiger partial charge >= 0.3 is 5.97 Å². The van der Waals surface area contributed by atoms with E-state index >= 15 is 0 Å². The van der Waals surface area contributed by atoms with Crippen LogP contribution in [0.15, 0.2) is 40.8 Å². The normalized spacial score (nSPS) is 10.3. The third kappa shape index (κ3) is 3.19. The topological polar surface area (TPSA) is 70.8 Å². The molecule has 0 aliphatic heterocycles. The molecule has 0 aliphatic rings. The summed E-state index contributed by atoms with van der Waals surface area (Å²) in [4.78, 5) is 24.4. The van der Waals surface area contributed by atoms with E-state index in [2.05, 4.69) is 0 Å². The molecular weight excluding hydrogens is 282 g/mol. The number of rotatable bonds is 4. The molecule has 0 fully saturated rings. The van der Waals surface area contributed by atoms with Gasteiger partial charge in [-0.15, -0.1) is 0 Å². The number of carboxylic acid groups (broad SMARTS) is 1. The molecule has 6 heteroatoms. The molecule has 5 nitrogen and oxygen atoms in total. The Morgan fingerprint density at radius 3 is 2.35 bits per heavy atom. The quantitative estimate of drug-likeness (QED) is 0.941. The average molecular weight is 294 g/mol. The predicted octanol–water partition coefficient (Wildman–Crippen LogP) is 2.97. The van der Waals surface area contributed by atoms with Gasteiger partial charge in [0.15, 0.2) is 5.76 Å². The van der Waals surface area contributed by atoms with Gasteiger partial charge in [-0.05, 0) is 43.3 Å². The van der Waals surface area contributed by atoms with E-state index in [0.717, 1.165) is 4.90 Å². The minimum Gasteiger partial charge on any atom is -0.480 e. The number of halogens is 1. The Kier molecular flexibility index (Phi) is 4.10. The summed E-state index contributed by atoms with van der Waals surface area (Å²) in [6.45, 7) is 1.25. The number of benzene rings is 1. The van der Waals surface area contributed by atoms with Crippen LogP contribution in [0.2, 0.25) is 5.02 Å². The maximum Gasteiger partial charge on any atom is 0.323 e. The zero-order chi connectivity index (χ0) is 14.7. The molecule has 1 N–H and O–H groups in total. The smallest absolute Gasteiger partial charge is 0.323 e. The molecule has 104 valence electrons. The third-order valence-electron chi connectivity index (χ3n) is 2.63. The number of amides is 1. The molecule has 1 aromatic heterocycles. The number of carboxylic acids is 1. The molecular formula is C14H12ClNO4. The summed E-state index contributed by atoms with van der Waals surface area (Å²) >= 11 is 5.78. The van der Waals surface area contributed by atoms with Crippen molar-refractivity contribution in [3.05, 3.63) is 52.9 Å². The van der Waals surface area contributed by atoms with Crippen molar-refractivity contribution in [1.82, 2.24) is 0 Å². The van der Waals surface area contributed by atoms with Gasteiger partial charge in [0.05, 0.1) is 0 Å². The molecule has 0 aliphatic carbocycles. The van der Waals surface area contributed by atoms with E-state index in [9.17, 15) is 9.59 Å². The van der Waals surface area contributed by atoms with Crippen molar-refractivity contribution in [2.45, 2.75) is 6.92 Å². The first-order chi connectivity index (χ1) is 9.47. The highest BCUT2D eigenvalue weighted by Gasteiger charge is 2.22. The Morgan fingerprint density at radius 1 is 1.20 bits per heavy atom. The Morgan fingerprint density at radius 2 is 1.85 bits per heavy atom. The number of nitrogens with zero attached hydrogens (tertiary/aromatic N) is 1. The van der Waals surface area contributed by atoms with E-state index in [0.29, 0.717) is 16.5 Å². The van der Waals surface area contributed by atoms with Crippen molar-refractivity contribution in [2.75, 3.05) is 11.4 Å². The molecule has 0 atom stereocenters. The molecule has 2 rings (SSSR count). The molecule has 0 unspecified atom stereocenters. The number of furan rings is 1. The summed E-state index contributed by atoms with van der Waals surface area (Å²) < 4.78 is 5.24. The zero-order valence-corrected chi connectivity index (χ0v) is 11.4. The second kappa shape index (κ2) is 5.79. The van der Waals surface area contributed by atoms with Crippen molar-refractivity contribution in [3.63, 3.8) is 0 Å². The Balaban J connectivity index is 2.34. The van der Waals surface area contributed by atoms with Crippen LogP contribution in [0.25, 0.3) is 0 Å². The lowest BCUT2D eigenvalue weighted by molar-refractivity contribution is -0.135. The van der Waals surface area contributed by atoms with Gasteiger partial charge in [0.2, 0.25) is 0 Å². The van der Waals surface area contributed by atoms with Crippen LogP contribution in [0.4, 0.5) is 5.69 Å². The minimum atomic E-state index is -1.11. The fourth-order valence-electron chi connectivity index (χ4n) is 1.72. The highest BCUT2D eigenvalue weighted by Crippen LogP contribution is 2.20. The number of hydrogen-bond donors (Lipinski definition) is 1. The van der Waals surface area contributed by atoms with Crippen LogP contribution in [0.3, 0.4) is 0 Å². The van der Waals surface area contributed by atoms with E-state index < -0.39 is 18.4 Å². The van der Waals surface area contributed by atoms with Crippen molar-refractivity contribution in [2.24, 2.45) is 0 Å². The number of hydrogen-bond acceptors (Lipinski definition) is 3. The number of carbonyl (C=O) groups excluding carboxylic acids is 1. The molecule has 0 bridgehead atoms. The summed E-state index contributed by atoms with van der Waals surface area (Å²) in [5.74, 6) is -0.946. The summed E-state index contributed by atoms with van der Waals surface area (Å²) in [5, 5.41) is 9.46. The first-order valence-corrected chi connectivity index (χ1v) is 6.21. The minimum absolute atomic E-state index is 0.0960. The van der Waals surface area contributed by atoms with E-state index in [1.165, 1.54) is 6.07 Å². The van der Waals surface area contributed by atoms with Crippen LogP contribution >= 0.6 is 11.6 Å². The largest absolute Gasteiger partial charge is 0.480 e. The van der Waals surface area contributed by atoms with Crippen LogP contribution in [0.1, 0.15) is 16.3 Å². The van der Waals surface area contributed by atoms with E-state index in [1.807, 2.05) is 0 Å². The first-order valence-electron chi connectivity index (χ1n) is 5.83. The maximum atomic E-state index is 12.3. The van der Waals surface area contributed by atoms with Gasteiger partial charge in [-0.1, -0.05) is 11.6 Å². The number of carbonyl (C=O) groups is 2. The third-order valence-corrected chi connectivity index (χ3v) is 2.88. The van der Waals surface area contributed by atoms with Crippen molar-refractivity contribution in [3.8, 4) is 0 Å². The molecule has 0 spiro atoms. The van der Waals surface area contributed by atoms with Gasteiger partial charge in [-0.2, -0.15) is 0 Å². The van der Waals surface area contributed by atoms with Crippen molar-refractivity contribution < 1.29 is 19.1 Å². The lowest BCUT2D eigenvalue weighted by Gasteiger charge is -2.19. The maximum absolute atomic E-state index is 12.3. The number of aliphatic carboxylic acids is 1. The highest BCUT2D eigenvalue weighted by molar-refractivity contribution is 6.30. The lowest BCUT2D eigenvalue weighted by Crippen LogP contribution is -2.35. The molecule has 0 saturated carbocycles. The van der Waals surface area contributed by atoms with E-state index in [-0.39, 0.29) is 5.76 Å². The number of anilines is 1. The SMILES string of the molecule is Cc1ccc(C(=O)N(CC(=O)O)c2ccc(Cl)cc2)o1. The summed E-state index contributed by atoms with van der Waals surface area (Å²) in [6.07, 6.45) is 0. The molecule has 0 saturated heterocycles. The molecule has 0 radical (unpaired) electrons. The second-order valence-corrected chi connectivity index (χ2v) is 4.61. The fraction of sp³-hybridized carbons (Fsp3) is 0.143. The molecule has 20 heavy (non-hydrogen) atoms. The summed E-state index contributed by atoms with van der Waals surface area (Å²) in [6, 6.07) is 9.51. The van der Waals surface area contributed by atoms with Gasteiger partial charge in [-0.3, -0.25) is 14.5 Å². The van der Waals surface area contributed by atoms with Crippen LogP contribution < -0.4 is 4.90 Å². The van der Waals surface area contributed by atoms with Crippen LogP contribution in [0, 0.1) is 6.92 Å². The number of aryl methyl sites for hydroxylation is 1. The van der Waals surface area contributed by atoms with Crippen LogP contribution in [0.5, 0.6) is 0 Å². The highest BCUT2D eigenvalue weighted by atomic mass is 35.5. The van der Waals surface area contributed by atoms with Gasteiger partial charge < -0.3 is 9.52 Å². The van der Waals surface area contributed by atoms with Crippen molar-refractivity contribution in [1.29, 1.82) is 0 Å². The van der Waals surface area contributed by atoms with E-state index in [4.69, 9.17) is 21.1 Å². The van der Waals surface area contributed by atoms with Crippen molar-refractivity contribution >= 4 is 29.2 Å². The average Bonchev–Trinajstić information content (AvgIpc) is 2.83. The Bertz CT molecular complexity index is 633. The van der Waals surface area contributed by atoms with Gasteiger partial charge in [0, 0.05) is 10.7 Å². The molecule has 1 aromatic carbocycles. The lowest BCUT2D eigenvalue weighted by atomic mass is 10.2. The van der Waals surface area contributed by atoms with E-state index in [1.54, 1.807) is 37.3 Å². The Labute approximate surface area is 120 Å². The second-order valence-electron chi connectivity index (χ2n) is 4.17. The zero-order valence-electron chi connectivity index (χ0n) is 10.7. The predicted molar refractivity (Wildman–Crippen MR) is 74.2 cm³/mol. The van der Waals surface area contributed by atoms with Crippen LogP contribution in [-0.4, -0.2) is 23.5 Å². The monoisotopic (exact) mass is 293 g/mol. The summed E-state index contributed by atoms with van der Waals surface area (Å²) in [7, 11) is 0. The Hall–Kier alpha value is -2.27. The van der Waals surface area contributed by atoms with Gasteiger partial charge in [0.25, 0.3) is 5.91 Å². The van der Waals surface area contributed by atoms with Gasteiger partial charge in [0.1, 0.15) is 12.3 Å². The van der Waals surface area contributed by atoms with Gasteiger partial charge in [-0.25, -0.2) is 0 Å².